The van der Waals surface area contributed by atoms with Gasteiger partial charge in [-0.1, -0.05) is 36.4 Å². The number of nitrogens with zero attached hydrogens (tertiary/aromatic N) is 6. The Balaban J connectivity index is 1.58. The summed E-state index contributed by atoms with van der Waals surface area (Å²) in [5, 5.41) is 5.42. The number of hydrogen-bond acceptors (Lipinski definition) is 8. The molecule has 0 bridgehead atoms. The molecule has 39 heavy (non-hydrogen) atoms. The summed E-state index contributed by atoms with van der Waals surface area (Å²) in [6.07, 6.45) is 0. The molecule has 0 saturated carbocycles. The number of nitrogen functional groups attached to an aromatic ring is 2. The van der Waals surface area contributed by atoms with Gasteiger partial charge < -0.3 is 21.1 Å². The zero-order valence-electron chi connectivity index (χ0n) is 21.3. The summed E-state index contributed by atoms with van der Waals surface area (Å²) in [6.45, 7) is 4.14. The Morgan fingerprint density at radius 1 is 0.974 bits per heavy atom. The maximum atomic E-state index is 14.8. The molecule has 0 radical (unpaired) electrons. The summed E-state index contributed by atoms with van der Waals surface area (Å²) in [4.78, 5) is 25.1. The zero-order valence-corrected chi connectivity index (χ0v) is 21.3. The topological polar surface area (TPSA) is 130 Å². The van der Waals surface area contributed by atoms with Gasteiger partial charge in [0, 0.05) is 24.0 Å². The van der Waals surface area contributed by atoms with Crippen molar-refractivity contribution in [2.45, 2.75) is 13.5 Å². The first-order chi connectivity index (χ1) is 18.9. The summed E-state index contributed by atoms with van der Waals surface area (Å²) >= 11 is 0. The fourth-order valence-electron chi connectivity index (χ4n) is 4.98. The van der Waals surface area contributed by atoms with Crippen molar-refractivity contribution >= 4 is 28.4 Å². The Morgan fingerprint density at radius 3 is 2.33 bits per heavy atom. The largest absolute Gasteiger partial charge is 0.382 e. The van der Waals surface area contributed by atoms with Gasteiger partial charge in [-0.3, -0.25) is 9.36 Å². The second-order valence-electron chi connectivity index (χ2n) is 9.38. The van der Waals surface area contributed by atoms with Gasteiger partial charge in [-0.2, -0.15) is 5.10 Å². The Labute approximate surface area is 223 Å². The van der Waals surface area contributed by atoms with Crippen LogP contribution in [-0.4, -0.2) is 50.6 Å². The molecule has 10 nitrogen and oxygen atoms in total. The molecule has 1 aliphatic heterocycles. The number of anilines is 3. The van der Waals surface area contributed by atoms with Crippen molar-refractivity contribution in [1.29, 1.82) is 0 Å². The van der Waals surface area contributed by atoms with Crippen molar-refractivity contribution in [2.75, 3.05) is 42.7 Å². The van der Waals surface area contributed by atoms with Crippen molar-refractivity contribution in [2.24, 2.45) is 0 Å². The van der Waals surface area contributed by atoms with Gasteiger partial charge >= 0.3 is 0 Å². The van der Waals surface area contributed by atoms with E-state index in [1.807, 2.05) is 42.2 Å². The second kappa shape index (κ2) is 9.84. The number of benzene rings is 2. The summed E-state index contributed by atoms with van der Waals surface area (Å²) in [7, 11) is 0. The number of pyridine rings is 1. The molecule has 198 valence electrons. The Kier molecular flexibility index (Phi) is 6.20. The van der Waals surface area contributed by atoms with E-state index in [-0.39, 0.29) is 29.6 Å². The predicted octanol–water partition coefficient (Wildman–Crippen LogP) is 3.14. The molecule has 1 saturated heterocycles. The molecular weight excluding hydrogens is 499 g/mol. The zero-order chi connectivity index (χ0) is 27.1. The molecule has 5 aromatic rings. The molecule has 0 spiro atoms. The molecule has 4 N–H and O–H groups in total. The van der Waals surface area contributed by atoms with Gasteiger partial charge in [0.1, 0.15) is 17.2 Å². The first-order valence-electron chi connectivity index (χ1n) is 12.6. The van der Waals surface area contributed by atoms with Crippen LogP contribution in [0.25, 0.3) is 28.1 Å². The monoisotopic (exact) mass is 526 g/mol. The quantitative estimate of drug-likeness (QED) is 0.357. The first-order valence-corrected chi connectivity index (χ1v) is 12.6. The lowest BCUT2D eigenvalue weighted by Crippen LogP contribution is -2.37. The van der Waals surface area contributed by atoms with Gasteiger partial charge in [-0.05, 0) is 31.2 Å². The molecule has 1 aliphatic rings. The van der Waals surface area contributed by atoms with Gasteiger partial charge in [0.25, 0.3) is 5.56 Å². The number of aryl methyl sites for hydroxylation is 1. The minimum Gasteiger partial charge on any atom is -0.382 e. The van der Waals surface area contributed by atoms with Crippen LogP contribution in [0.2, 0.25) is 0 Å². The molecule has 6 rings (SSSR count). The average Bonchev–Trinajstić information content (AvgIpc) is 3.27. The fourth-order valence-corrected chi connectivity index (χ4v) is 4.98. The predicted molar refractivity (Wildman–Crippen MR) is 148 cm³/mol. The molecule has 1 fully saturated rings. The highest BCUT2D eigenvalue weighted by atomic mass is 19.1. The fraction of sp³-hybridized carbons (Fsp3) is 0.214. The Hall–Kier alpha value is -4.77. The third-order valence-corrected chi connectivity index (χ3v) is 6.89. The number of hydrogen-bond donors (Lipinski definition) is 2. The summed E-state index contributed by atoms with van der Waals surface area (Å²) in [5.41, 5.74) is 15.4. The summed E-state index contributed by atoms with van der Waals surface area (Å²) < 4.78 is 23.4. The molecular formula is C28H27FN8O2. The van der Waals surface area contributed by atoms with E-state index in [4.69, 9.17) is 21.3 Å². The van der Waals surface area contributed by atoms with E-state index in [0.717, 1.165) is 5.69 Å². The maximum Gasteiger partial charge on any atom is 0.263 e. The maximum absolute atomic E-state index is 14.8. The number of morpholine rings is 1. The van der Waals surface area contributed by atoms with Gasteiger partial charge in [0.05, 0.1) is 36.7 Å². The standard InChI is InChI=1S/C28H27FN8O2/c1-17-20-15-21(26-32-24(30)23(25(31)33-26)35-11-13-39-14-12-35)28(38)36(16-18-7-5-6-10-22(18)29)27(20)37(34-17)19-8-3-2-4-9-19/h2-10,15H,11-14,16H2,1H3,(H4,30,31,32,33). The third-order valence-electron chi connectivity index (χ3n) is 6.89. The van der Waals surface area contributed by atoms with Gasteiger partial charge in [-0.15, -0.1) is 0 Å². The van der Waals surface area contributed by atoms with E-state index in [9.17, 15) is 9.18 Å². The van der Waals surface area contributed by atoms with Crippen LogP contribution in [0, 0.1) is 12.7 Å². The number of aromatic nitrogens is 5. The van der Waals surface area contributed by atoms with Gasteiger partial charge in [-0.25, -0.2) is 19.0 Å². The molecule has 11 heteroatoms. The molecule has 0 unspecified atom stereocenters. The SMILES string of the molecule is Cc1nn(-c2ccccc2)c2c1cc(-c1nc(N)c(N3CCOCC3)c(N)n1)c(=O)n2Cc1ccccc1F. The van der Waals surface area contributed by atoms with E-state index in [1.54, 1.807) is 28.9 Å². The molecule has 3 aromatic heterocycles. The van der Waals surface area contributed by atoms with Crippen LogP contribution in [0.15, 0.2) is 65.5 Å². The lowest BCUT2D eigenvalue weighted by molar-refractivity contribution is 0.123. The number of rotatable bonds is 5. The van der Waals surface area contributed by atoms with Crippen LogP contribution in [0.4, 0.5) is 21.7 Å². The molecule has 0 atom stereocenters. The van der Waals surface area contributed by atoms with Crippen LogP contribution in [-0.2, 0) is 11.3 Å². The molecule has 2 aromatic carbocycles. The summed E-state index contributed by atoms with van der Waals surface area (Å²) in [6, 6.07) is 17.6. The minimum absolute atomic E-state index is 0.0232. The highest BCUT2D eigenvalue weighted by Crippen LogP contribution is 2.31. The molecule has 0 aliphatic carbocycles. The van der Waals surface area contributed by atoms with Crippen molar-refractivity contribution in [1.82, 2.24) is 24.3 Å². The van der Waals surface area contributed by atoms with E-state index >= 15 is 0 Å². The lowest BCUT2D eigenvalue weighted by atomic mass is 10.1. The van der Waals surface area contributed by atoms with E-state index in [0.29, 0.717) is 54.3 Å². The van der Waals surface area contributed by atoms with Crippen molar-refractivity contribution in [3.8, 4) is 17.1 Å². The van der Waals surface area contributed by atoms with Crippen molar-refractivity contribution in [3.05, 3.63) is 88.1 Å². The van der Waals surface area contributed by atoms with Crippen molar-refractivity contribution in [3.63, 3.8) is 0 Å². The van der Waals surface area contributed by atoms with Crippen LogP contribution in [0.1, 0.15) is 11.3 Å². The molecule has 4 heterocycles. The average molecular weight is 527 g/mol. The van der Waals surface area contributed by atoms with Crippen LogP contribution in [0.5, 0.6) is 0 Å². The number of nitrogens with two attached hydrogens (primary N) is 2. The first kappa shape index (κ1) is 24.6. The number of fused-ring (bicyclic) bond motifs is 1. The van der Waals surface area contributed by atoms with Gasteiger partial charge in [0.2, 0.25) is 0 Å². The normalized spacial score (nSPS) is 13.7. The second-order valence-corrected chi connectivity index (χ2v) is 9.38. The molecule has 0 amide bonds. The Bertz CT molecular complexity index is 1720. The third kappa shape index (κ3) is 4.36. The van der Waals surface area contributed by atoms with E-state index in [1.165, 1.54) is 10.6 Å². The highest BCUT2D eigenvalue weighted by Gasteiger charge is 2.24. The summed E-state index contributed by atoms with van der Waals surface area (Å²) in [5.74, 6) is 0.0422. The minimum atomic E-state index is -0.416. The van der Waals surface area contributed by atoms with Crippen LogP contribution < -0.4 is 21.9 Å². The number of halogens is 1. The number of para-hydroxylation sites is 1. The van der Waals surface area contributed by atoms with Crippen molar-refractivity contribution < 1.29 is 9.13 Å². The smallest absolute Gasteiger partial charge is 0.263 e. The lowest BCUT2D eigenvalue weighted by Gasteiger charge is -2.30. The number of ether oxygens (including phenoxy) is 1. The van der Waals surface area contributed by atoms with Gasteiger partial charge in [0.15, 0.2) is 17.5 Å². The van der Waals surface area contributed by atoms with E-state index < -0.39 is 11.4 Å². The van der Waals surface area contributed by atoms with Crippen LogP contribution in [0.3, 0.4) is 0 Å². The highest BCUT2D eigenvalue weighted by molar-refractivity contribution is 5.85. The van der Waals surface area contributed by atoms with E-state index in [2.05, 4.69) is 9.97 Å². The Morgan fingerprint density at radius 2 is 1.64 bits per heavy atom. The van der Waals surface area contributed by atoms with Crippen LogP contribution >= 0.6 is 0 Å².